The summed E-state index contributed by atoms with van der Waals surface area (Å²) in [5.74, 6) is 0.951. The zero-order valence-electron chi connectivity index (χ0n) is 16.1. The Kier molecular flexibility index (Phi) is 5.21. The van der Waals surface area contributed by atoms with Crippen LogP contribution < -0.4 is 15.0 Å². The molecule has 0 aliphatic carbocycles. The van der Waals surface area contributed by atoms with Gasteiger partial charge in [-0.25, -0.2) is 4.39 Å². The van der Waals surface area contributed by atoms with Gasteiger partial charge >= 0.3 is 0 Å². The first-order valence-corrected chi connectivity index (χ1v) is 9.80. The summed E-state index contributed by atoms with van der Waals surface area (Å²) in [4.78, 5) is 4.83. The lowest BCUT2D eigenvalue weighted by molar-refractivity contribution is 0.239. The first-order chi connectivity index (χ1) is 13.1. The lowest BCUT2D eigenvalue weighted by atomic mass is 9.88. The van der Waals surface area contributed by atoms with Crippen LogP contribution in [0.3, 0.4) is 0 Å². The Morgan fingerprint density at radius 2 is 1.89 bits per heavy atom. The summed E-state index contributed by atoms with van der Waals surface area (Å²) >= 11 is 0. The highest BCUT2D eigenvalue weighted by Crippen LogP contribution is 2.34. The van der Waals surface area contributed by atoms with Crippen molar-refractivity contribution in [3.63, 3.8) is 0 Å². The van der Waals surface area contributed by atoms with Gasteiger partial charge in [0.15, 0.2) is 0 Å². The highest BCUT2D eigenvalue weighted by molar-refractivity contribution is 5.59. The molecule has 1 saturated heterocycles. The molecule has 0 aromatic heterocycles. The van der Waals surface area contributed by atoms with Crippen LogP contribution in [0.15, 0.2) is 42.5 Å². The van der Waals surface area contributed by atoms with Crippen LogP contribution >= 0.6 is 0 Å². The zero-order chi connectivity index (χ0) is 18.8. The SMILES string of the molecule is COc1cc(F)ccc1N1CCN(C[C@@H]2C[C@H](C)c3ccccc3N2)CC1. The monoisotopic (exact) mass is 369 g/mol. The molecule has 2 aliphatic rings. The Morgan fingerprint density at radius 1 is 1.11 bits per heavy atom. The van der Waals surface area contributed by atoms with Gasteiger partial charge in [0.1, 0.15) is 11.6 Å². The van der Waals surface area contributed by atoms with E-state index in [-0.39, 0.29) is 5.82 Å². The molecule has 1 N–H and O–H groups in total. The van der Waals surface area contributed by atoms with E-state index < -0.39 is 0 Å². The van der Waals surface area contributed by atoms with Crippen molar-refractivity contribution in [2.45, 2.75) is 25.3 Å². The number of ether oxygens (including phenoxy) is 1. The molecule has 144 valence electrons. The number of nitrogens with one attached hydrogen (secondary N) is 1. The normalized spacial score (nSPS) is 22.9. The van der Waals surface area contributed by atoms with Crippen molar-refractivity contribution in [1.82, 2.24) is 4.90 Å². The van der Waals surface area contributed by atoms with Crippen LogP contribution in [0.25, 0.3) is 0 Å². The van der Waals surface area contributed by atoms with Gasteiger partial charge in [-0.15, -0.1) is 0 Å². The average Bonchev–Trinajstić information content (AvgIpc) is 2.69. The van der Waals surface area contributed by atoms with Crippen LogP contribution in [0.4, 0.5) is 15.8 Å². The number of methoxy groups -OCH3 is 1. The standard InChI is InChI=1S/C22H28FN3O/c1-16-13-18(24-20-6-4-3-5-19(16)20)15-25-9-11-26(12-10-25)21-8-7-17(23)14-22(21)27-2/h3-8,14,16,18,24H,9-13,15H2,1-2H3/t16-,18-/m0/s1. The third-order valence-electron chi connectivity index (χ3n) is 5.82. The Labute approximate surface area is 160 Å². The Morgan fingerprint density at radius 3 is 2.67 bits per heavy atom. The number of halogens is 1. The van der Waals surface area contributed by atoms with E-state index in [9.17, 15) is 4.39 Å². The topological polar surface area (TPSA) is 27.7 Å². The number of anilines is 2. The molecule has 1 fully saturated rings. The number of benzene rings is 2. The second-order valence-electron chi connectivity index (χ2n) is 7.67. The summed E-state index contributed by atoms with van der Waals surface area (Å²) in [6.07, 6.45) is 1.17. The summed E-state index contributed by atoms with van der Waals surface area (Å²) in [5, 5.41) is 3.73. The predicted octanol–water partition coefficient (Wildman–Crippen LogP) is 3.94. The number of rotatable bonds is 4. The number of nitrogens with zero attached hydrogens (tertiary/aromatic N) is 2. The van der Waals surface area contributed by atoms with Crippen LogP contribution in [-0.4, -0.2) is 50.8 Å². The van der Waals surface area contributed by atoms with Gasteiger partial charge < -0.3 is 15.0 Å². The van der Waals surface area contributed by atoms with Crippen LogP contribution in [0.1, 0.15) is 24.8 Å². The fraction of sp³-hybridized carbons (Fsp3) is 0.455. The van der Waals surface area contributed by atoms with E-state index >= 15 is 0 Å². The number of hydrogen-bond acceptors (Lipinski definition) is 4. The van der Waals surface area contributed by atoms with Crippen molar-refractivity contribution in [2.75, 3.05) is 50.1 Å². The molecule has 0 spiro atoms. The molecular weight excluding hydrogens is 341 g/mol. The molecule has 27 heavy (non-hydrogen) atoms. The Hall–Kier alpha value is -2.27. The predicted molar refractivity (Wildman–Crippen MR) is 108 cm³/mol. The van der Waals surface area contributed by atoms with Gasteiger partial charge in [-0.05, 0) is 36.1 Å². The third kappa shape index (κ3) is 3.88. The zero-order valence-corrected chi connectivity index (χ0v) is 16.1. The second kappa shape index (κ2) is 7.77. The maximum absolute atomic E-state index is 13.4. The van der Waals surface area contributed by atoms with Crippen LogP contribution in [-0.2, 0) is 0 Å². The maximum Gasteiger partial charge on any atom is 0.145 e. The van der Waals surface area contributed by atoms with Gasteiger partial charge in [0.2, 0.25) is 0 Å². The highest BCUT2D eigenvalue weighted by Gasteiger charge is 2.27. The quantitative estimate of drug-likeness (QED) is 0.883. The molecule has 0 bridgehead atoms. The van der Waals surface area contributed by atoms with Crippen molar-refractivity contribution >= 4 is 11.4 Å². The summed E-state index contributed by atoms with van der Waals surface area (Å²) in [6, 6.07) is 13.9. The Balaban J connectivity index is 1.35. The molecule has 4 nitrogen and oxygen atoms in total. The molecule has 0 unspecified atom stereocenters. The van der Waals surface area contributed by atoms with Crippen molar-refractivity contribution in [1.29, 1.82) is 0 Å². The molecule has 0 saturated carbocycles. The molecular formula is C22H28FN3O. The molecule has 2 aromatic rings. The minimum atomic E-state index is -0.257. The summed E-state index contributed by atoms with van der Waals surface area (Å²) in [7, 11) is 1.60. The van der Waals surface area contributed by atoms with Crippen molar-refractivity contribution < 1.29 is 9.13 Å². The average molecular weight is 369 g/mol. The van der Waals surface area contributed by atoms with E-state index in [2.05, 4.69) is 46.3 Å². The number of piperazine rings is 1. The molecule has 0 radical (unpaired) electrons. The first kappa shape index (κ1) is 18.1. The van der Waals surface area contributed by atoms with E-state index in [0.29, 0.717) is 17.7 Å². The summed E-state index contributed by atoms with van der Waals surface area (Å²) in [5.41, 5.74) is 3.70. The number of hydrogen-bond donors (Lipinski definition) is 1. The smallest absolute Gasteiger partial charge is 0.145 e. The van der Waals surface area contributed by atoms with E-state index in [0.717, 1.165) is 38.4 Å². The molecule has 5 heteroatoms. The highest BCUT2D eigenvalue weighted by atomic mass is 19.1. The fourth-order valence-electron chi connectivity index (χ4n) is 4.41. The van der Waals surface area contributed by atoms with Gasteiger partial charge in [-0.3, -0.25) is 4.90 Å². The van der Waals surface area contributed by atoms with E-state index in [4.69, 9.17) is 4.74 Å². The molecule has 2 aromatic carbocycles. The number of para-hydroxylation sites is 1. The van der Waals surface area contributed by atoms with Crippen LogP contribution in [0.5, 0.6) is 5.75 Å². The first-order valence-electron chi connectivity index (χ1n) is 9.80. The van der Waals surface area contributed by atoms with E-state index in [1.165, 1.54) is 29.8 Å². The van der Waals surface area contributed by atoms with Crippen LogP contribution in [0, 0.1) is 5.82 Å². The lowest BCUT2D eigenvalue weighted by Crippen LogP contribution is -2.50. The summed E-state index contributed by atoms with van der Waals surface area (Å²) in [6.45, 7) is 7.27. The van der Waals surface area contributed by atoms with Gasteiger partial charge in [0.25, 0.3) is 0 Å². The minimum Gasteiger partial charge on any atom is -0.494 e. The maximum atomic E-state index is 13.4. The molecule has 2 aliphatic heterocycles. The molecule has 2 atom stereocenters. The summed E-state index contributed by atoms with van der Waals surface area (Å²) < 4.78 is 18.8. The lowest BCUT2D eigenvalue weighted by Gasteiger charge is -2.40. The van der Waals surface area contributed by atoms with E-state index in [1.54, 1.807) is 7.11 Å². The fourth-order valence-corrected chi connectivity index (χ4v) is 4.41. The largest absolute Gasteiger partial charge is 0.494 e. The van der Waals surface area contributed by atoms with Crippen molar-refractivity contribution in [2.24, 2.45) is 0 Å². The molecule has 0 amide bonds. The van der Waals surface area contributed by atoms with Gasteiger partial charge in [-0.1, -0.05) is 25.1 Å². The minimum absolute atomic E-state index is 0.257. The van der Waals surface area contributed by atoms with Gasteiger partial charge in [0.05, 0.1) is 12.8 Å². The Bertz CT molecular complexity index is 789. The van der Waals surface area contributed by atoms with Crippen molar-refractivity contribution in [3.05, 3.63) is 53.8 Å². The third-order valence-corrected chi connectivity index (χ3v) is 5.82. The molecule has 4 rings (SSSR count). The van der Waals surface area contributed by atoms with Crippen LogP contribution in [0.2, 0.25) is 0 Å². The second-order valence-corrected chi connectivity index (χ2v) is 7.67. The molecule has 2 heterocycles. The number of fused-ring (bicyclic) bond motifs is 1. The van der Waals surface area contributed by atoms with Gasteiger partial charge in [0, 0.05) is 50.5 Å². The van der Waals surface area contributed by atoms with Crippen molar-refractivity contribution in [3.8, 4) is 5.75 Å². The van der Waals surface area contributed by atoms with E-state index in [1.807, 2.05) is 6.07 Å². The van der Waals surface area contributed by atoms with Gasteiger partial charge in [-0.2, -0.15) is 0 Å².